The second-order valence-electron chi connectivity index (χ2n) is 5.04. The molecule has 0 amide bonds. The molecule has 1 aromatic heterocycles. The molecule has 0 fully saturated rings. The van der Waals surface area contributed by atoms with Crippen molar-refractivity contribution in [2.45, 2.75) is 26.7 Å². The van der Waals surface area contributed by atoms with Crippen molar-refractivity contribution in [3.05, 3.63) is 20.8 Å². The third-order valence-corrected chi connectivity index (χ3v) is 4.45. The summed E-state index contributed by atoms with van der Waals surface area (Å²) in [6.45, 7) is 7.40. The molecule has 4 heteroatoms. The SMILES string of the molecule is COCCNCC(C)(C)CCc1ccc(Br)s1. The number of thiophene rings is 1. The van der Waals surface area contributed by atoms with Crippen LogP contribution >= 0.6 is 27.3 Å². The van der Waals surface area contributed by atoms with E-state index in [1.54, 1.807) is 7.11 Å². The Bertz CT molecular complexity index is 325. The molecule has 17 heavy (non-hydrogen) atoms. The summed E-state index contributed by atoms with van der Waals surface area (Å²) < 4.78 is 6.25. The lowest BCUT2D eigenvalue weighted by Crippen LogP contribution is -2.31. The molecular formula is C13H22BrNOS. The summed E-state index contributed by atoms with van der Waals surface area (Å²) in [5.74, 6) is 0. The summed E-state index contributed by atoms with van der Waals surface area (Å²) in [7, 11) is 1.74. The highest BCUT2D eigenvalue weighted by molar-refractivity contribution is 9.11. The van der Waals surface area contributed by atoms with Gasteiger partial charge in [-0.15, -0.1) is 11.3 Å². The molecule has 98 valence electrons. The van der Waals surface area contributed by atoms with Crippen molar-refractivity contribution in [1.82, 2.24) is 5.32 Å². The molecule has 0 radical (unpaired) electrons. The highest BCUT2D eigenvalue weighted by atomic mass is 79.9. The predicted octanol–water partition coefficient (Wildman–Crippen LogP) is 3.71. The predicted molar refractivity (Wildman–Crippen MR) is 78.9 cm³/mol. The second-order valence-corrected chi connectivity index (χ2v) is 7.59. The molecule has 0 unspecified atom stereocenters. The third-order valence-electron chi connectivity index (χ3n) is 2.76. The summed E-state index contributed by atoms with van der Waals surface area (Å²) in [5.41, 5.74) is 0.338. The van der Waals surface area contributed by atoms with Crippen LogP contribution in [0.3, 0.4) is 0 Å². The Kier molecular flexibility index (Phi) is 6.70. The molecule has 2 nitrogen and oxygen atoms in total. The van der Waals surface area contributed by atoms with Crippen LogP contribution in [0.4, 0.5) is 0 Å². The van der Waals surface area contributed by atoms with Gasteiger partial charge in [0.25, 0.3) is 0 Å². The topological polar surface area (TPSA) is 21.3 Å². The van der Waals surface area contributed by atoms with Gasteiger partial charge in [-0.05, 0) is 46.3 Å². The Morgan fingerprint density at radius 2 is 2.18 bits per heavy atom. The summed E-state index contributed by atoms with van der Waals surface area (Å²) in [6, 6.07) is 4.34. The number of nitrogens with one attached hydrogen (secondary N) is 1. The van der Waals surface area contributed by atoms with Crippen LogP contribution in [0, 0.1) is 5.41 Å². The van der Waals surface area contributed by atoms with Gasteiger partial charge < -0.3 is 10.1 Å². The Morgan fingerprint density at radius 3 is 2.76 bits per heavy atom. The number of ether oxygens (including phenoxy) is 1. The van der Waals surface area contributed by atoms with Crippen molar-refractivity contribution in [1.29, 1.82) is 0 Å². The highest BCUT2D eigenvalue weighted by Crippen LogP contribution is 2.27. The van der Waals surface area contributed by atoms with E-state index in [0.29, 0.717) is 5.41 Å². The zero-order valence-corrected chi connectivity index (χ0v) is 13.3. The van der Waals surface area contributed by atoms with Crippen LogP contribution < -0.4 is 5.32 Å². The Morgan fingerprint density at radius 1 is 1.41 bits per heavy atom. The molecule has 1 heterocycles. The fourth-order valence-electron chi connectivity index (χ4n) is 1.64. The van der Waals surface area contributed by atoms with Crippen LogP contribution in [0.1, 0.15) is 25.1 Å². The largest absolute Gasteiger partial charge is 0.383 e. The first-order valence-electron chi connectivity index (χ1n) is 5.97. The van der Waals surface area contributed by atoms with E-state index in [9.17, 15) is 0 Å². The molecule has 0 aliphatic rings. The van der Waals surface area contributed by atoms with Crippen molar-refractivity contribution < 1.29 is 4.74 Å². The first-order chi connectivity index (χ1) is 8.03. The maximum absolute atomic E-state index is 5.02. The lowest BCUT2D eigenvalue weighted by molar-refractivity contribution is 0.193. The van der Waals surface area contributed by atoms with Crippen LogP contribution in [-0.4, -0.2) is 26.8 Å². The van der Waals surface area contributed by atoms with E-state index in [0.717, 1.165) is 26.1 Å². The average molecular weight is 320 g/mol. The Balaban J connectivity index is 2.24. The van der Waals surface area contributed by atoms with Gasteiger partial charge in [0.2, 0.25) is 0 Å². The van der Waals surface area contributed by atoms with Crippen molar-refractivity contribution in [3.8, 4) is 0 Å². The standard InChI is InChI=1S/C13H22BrNOS/c1-13(2,10-15-8-9-16-3)7-6-11-4-5-12(14)17-11/h4-5,15H,6-10H2,1-3H3. The minimum Gasteiger partial charge on any atom is -0.383 e. The van der Waals surface area contributed by atoms with E-state index in [1.807, 2.05) is 11.3 Å². The van der Waals surface area contributed by atoms with Gasteiger partial charge in [0, 0.05) is 25.1 Å². The van der Waals surface area contributed by atoms with Crippen LogP contribution in [0.25, 0.3) is 0 Å². The third kappa shape index (κ3) is 6.55. The van der Waals surface area contributed by atoms with Crippen LogP contribution in [0.15, 0.2) is 15.9 Å². The molecular weight excluding hydrogens is 298 g/mol. The molecule has 0 saturated carbocycles. The summed E-state index contributed by atoms with van der Waals surface area (Å²) in [6.07, 6.45) is 2.37. The van der Waals surface area contributed by atoms with Gasteiger partial charge in [-0.3, -0.25) is 0 Å². The number of hydrogen-bond donors (Lipinski definition) is 1. The Labute approximate surface area is 117 Å². The molecule has 1 rings (SSSR count). The number of hydrogen-bond acceptors (Lipinski definition) is 3. The summed E-state index contributed by atoms with van der Waals surface area (Å²) >= 11 is 5.34. The Hall–Kier alpha value is 0.1000. The lowest BCUT2D eigenvalue weighted by Gasteiger charge is -2.24. The molecule has 0 spiro atoms. The number of aryl methyl sites for hydroxylation is 1. The first-order valence-corrected chi connectivity index (χ1v) is 7.58. The monoisotopic (exact) mass is 319 g/mol. The van der Waals surface area contributed by atoms with E-state index in [2.05, 4.69) is 47.2 Å². The van der Waals surface area contributed by atoms with E-state index >= 15 is 0 Å². The van der Waals surface area contributed by atoms with E-state index < -0.39 is 0 Å². The molecule has 0 aliphatic heterocycles. The van der Waals surface area contributed by atoms with Gasteiger partial charge in [0.15, 0.2) is 0 Å². The minimum absolute atomic E-state index is 0.338. The fraction of sp³-hybridized carbons (Fsp3) is 0.692. The van der Waals surface area contributed by atoms with Gasteiger partial charge in [-0.25, -0.2) is 0 Å². The zero-order chi connectivity index (χ0) is 12.7. The van der Waals surface area contributed by atoms with E-state index in [-0.39, 0.29) is 0 Å². The van der Waals surface area contributed by atoms with Gasteiger partial charge in [-0.2, -0.15) is 0 Å². The quantitative estimate of drug-likeness (QED) is 0.737. The number of methoxy groups -OCH3 is 1. The van der Waals surface area contributed by atoms with Crippen molar-refractivity contribution in [2.24, 2.45) is 5.41 Å². The maximum Gasteiger partial charge on any atom is 0.0701 e. The van der Waals surface area contributed by atoms with Crippen LogP contribution in [0.5, 0.6) is 0 Å². The first kappa shape index (κ1) is 15.2. The molecule has 0 saturated heterocycles. The van der Waals surface area contributed by atoms with Crippen molar-refractivity contribution in [3.63, 3.8) is 0 Å². The fourth-order valence-corrected chi connectivity index (χ4v) is 3.12. The molecule has 0 aromatic carbocycles. The van der Waals surface area contributed by atoms with Crippen LogP contribution in [0.2, 0.25) is 0 Å². The number of halogens is 1. The summed E-state index contributed by atoms with van der Waals surface area (Å²) in [5, 5.41) is 3.44. The van der Waals surface area contributed by atoms with Gasteiger partial charge in [-0.1, -0.05) is 13.8 Å². The lowest BCUT2D eigenvalue weighted by atomic mass is 9.87. The van der Waals surface area contributed by atoms with Gasteiger partial charge >= 0.3 is 0 Å². The molecule has 1 N–H and O–H groups in total. The highest BCUT2D eigenvalue weighted by Gasteiger charge is 2.17. The smallest absolute Gasteiger partial charge is 0.0701 e. The minimum atomic E-state index is 0.338. The maximum atomic E-state index is 5.02. The van der Waals surface area contributed by atoms with E-state index in [4.69, 9.17) is 4.74 Å². The van der Waals surface area contributed by atoms with E-state index in [1.165, 1.54) is 15.1 Å². The normalized spacial score (nSPS) is 12.0. The van der Waals surface area contributed by atoms with Gasteiger partial charge in [0.05, 0.1) is 10.4 Å². The molecule has 1 aromatic rings. The average Bonchev–Trinajstić information content (AvgIpc) is 2.68. The van der Waals surface area contributed by atoms with Gasteiger partial charge in [0.1, 0.15) is 0 Å². The van der Waals surface area contributed by atoms with Crippen LogP contribution in [-0.2, 0) is 11.2 Å². The second kappa shape index (κ2) is 7.52. The molecule has 0 bridgehead atoms. The summed E-state index contributed by atoms with van der Waals surface area (Å²) in [4.78, 5) is 1.46. The van der Waals surface area contributed by atoms with Crippen molar-refractivity contribution in [2.75, 3.05) is 26.8 Å². The molecule has 0 atom stereocenters. The molecule has 0 aliphatic carbocycles. The van der Waals surface area contributed by atoms with Crippen molar-refractivity contribution >= 4 is 27.3 Å². The zero-order valence-electron chi connectivity index (χ0n) is 10.9. The number of rotatable bonds is 8.